The second-order valence-corrected chi connectivity index (χ2v) is 4.11. The standard InChI is InChI=1S/C14H21NO/c1-3-7-12(8-4-2)11-13-14(16)9-5-6-10-15-13/h3-4,7-8,13,15H,1,5-6,9-11H2,2H3/b8-4-,12-7+. The van der Waals surface area contributed by atoms with Crippen LogP contribution in [0.5, 0.6) is 0 Å². The first-order valence-electron chi connectivity index (χ1n) is 5.98. The molecule has 1 atom stereocenters. The van der Waals surface area contributed by atoms with Crippen LogP contribution in [0.2, 0.25) is 0 Å². The number of Topliss-reactive ketones (excluding diaryl/α,β-unsaturated/α-hetero) is 1. The van der Waals surface area contributed by atoms with Gasteiger partial charge in [0.1, 0.15) is 5.78 Å². The number of carbonyl (C=O) groups is 1. The first-order valence-corrected chi connectivity index (χ1v) is 5.98. The summed E-state index contributed by atoms with van der Waals surface area (Å²) in [6.07, 6.45) is 11.4. The number of hydrogen-bond donors (Lipinski definition) is 1. The highest BCUT2D eigenvalue weighted by Gasteiger charge is 2.20. The van der Waals surface area contributed by atoms with Crippen molar-refractivity contribution in [2.24, 2.45) is 0 Å². The maximum Gasteiger partial charge on any atom is 0.150 e. The maximum atomic E-state index is 11.8. The number of carbonyl (C=O) groups excluding carboxylic acids is 1. The van der Waals surface area contributed by atoms with Gasteiger partial charge in [0.25, 0.3) is 0 Å². The first kappa shape index (κ1) is 12.9. The monoisotopic (exact) mass is 219 g/mol. The highest BCUT2D eigenvalue weighted by Crippen LogP contribution is 2.13. The van der Waals surface area contributed by atoms with Gasteiger partial charge in [-0.05, 0) is 38.3 Å². The fraction of sp³-hybridized carbons (Fsp3) is 0.500. The molecule has 88 valence electrons. The minimum Gasteiger partial charge on any atom is -0.307 e. The zero-order chi connectivity index (χ0) is 11.8. The second-order valence-electron chi connectivity index (χ2n) is 4.11. The topological polar surface area (TPSA) is 29.1 Å². The van der Waals surface area contributed by atoms with E-state index in [0.717, 1.165) is 37.8 Å². The molecule has 0 aliphatic carbocycles. The third-order valence-corrected chi connectivity index (χ3v) is 2.78. The Morgan fingerprint density at radius 2 is 2.38 bits per heavy atom. The van der Waals surface area contributed by atoms with Crippen molar-refractivity contribution in [2.45, 2.75) is 38.6 Å². The van der Waals surface area contributed by atoms with Crippen molar-refractivity contribution in [3.05, 3.63) is 36.5 Å². The Bertz CT molecular complexity index is 302. The second kappa shape index (κ2) is 7.18. The van der Waals surface area contributed by atoms with Gasteiger partial charge in [0.15, 0.2) is 0 Å². The van der Waals surface area contributed by atoms with Gasteiger partial charge in [-0.25, -0.2) is 0 Å². The largest absolute Gasteiger partial charge is 0.307 e. The summed E-state index contributed by atoms with van der Waals surface area (Å²) in [5.41, 5.74) is 1.16. The summed E-state index contributed by atoms with van der Waals surface area (Å²) in [4.78, 5) is 11.8. The van der Waals surface area contributed by atoms with E-state index in [4.69, 9.17) is 0 Å². The molecule has 1 aliphatic rings. The van der Waals surface area contributed by atoms with Crippen LogP contribution in [-0.4, -0.2) is 18.4 Å². The SMILES string of the molecule is C=C/C=C(\C=C/C)CC1NCCCCC1=O. The molecule has 1 N–H and O–H groups in total. The van der Waals surface area contributed by atoms with E-state index in [1.165, 1.54) is 0 Å². The van der Waals surface area contributed by atoms with Gasteiger partial charge in [-0.3, -0.25) is 4.79 Å². The minimum absolute atomic E-state index is 0.00935. The Kier molecular flexibility index (Phi) is 5.79. The van der Waals surface area contributed by atoms with Gasteiger partial charge in [0, 0.05) is 6.42 Å². The molecule has 0 saturated carbocycles. The molecule has 0 amide bonds. The van der Waals surface area contributed by atoms with Gasteiger partial charge in [0.05, 0.1) is 6.04 Å². The Balaban J connectivity index is 2.64. The van der Waals surface area contributed by atoms with E-state index >= 15 is 0 Å². The van der Waals surface area contributed by atoms with Crippen LogP contribution in [-0.2, 0) is 4.79 Å². The lowest BCUT2D eigenvalue weighted by Gasteiger charge is -2.14. The average molecular weight is 219 g/mol. The number of nitrogens with one attached hydrogen (secondary N) is 1. The summed E-state index contributed by atoms with van der Waals surface area (Å²) in [7, 11) is 0. The molecule has 16 heavy (non-hydrogen) atoms. The molecule has 0 aromatic rings. The molecule has 1 heterocycles. The molecule has 0 bridgehead atoms. The first-order chi connectivity index (χ1) is 7.77. The van der Waals surface area contributed by atoms with Crippen molar-refractivity contribution in [1.29, 1.82) is 0 Å². The highest BCUT2D eigenvalue weighted by molar-refractivity contribution is 5.84. The Hall–Kier alpha value is -1.15. The molecule has 2 nitrogen and oxygen atoms in total. The molecule has 0 spiro atoms. The lowest BCUT2D eigenvalue weighted by atomic mass is 10.00. The number of ketones is 1. The van der Waals surface area contributed by atoms with E-state index in [9.17, 15) is 4.79 Å². The van der Waals surface area contributed by atoms with Crippen molar-refractivity contribution in [2.75, 3.05) is 6.54 Å². The zero-order valence-corrected chi connectivity index (χ0v) is 10.0. The van der Waals surface area contributed by atoms with Crippen LogP contribution in [0.25, 0.3) is 0 Å². The number of allylic oxidation sites excluding steroid dienone is 4. The summed E-state index contributed by atoms with van der Waals surface area (Å²) in [6, 6.07) is -0.00935. The van der Waals surface area contributed by atoms with Gasteiger partial charge in [-0.1, -0.05) is 30.9 Å². The average Bonchev–Trinajstić information content (AvgIpc) is 2.45. The molecule has 0 aromatic heterocycles. The molecule has 2 heteroatoms. The van der Waals surface area contributed by atoms with E-state index in [1.54, 1.807) is 6.08 Å². The molecular formula is C14H21NO. The summed E-state index contributed by atoms with van der Waals surface area (Å²) in [6.45, 7) is 6.64. The molecule has 1 rings (SSSR count). The molecule has 1 unspecified atom stereocenters. The predicted molar refractivity (Wildman–Crippen MR) is 68.4 cm³/mol. The van der Waals surface area contributed by atoms with Crippen LogP contribution < -0.4 is 5.32 Å². The maximum absolute atomic E-state index is 11.8. The van der Waals surface area contributed by atoms with E-state index in [0.29, 0.717) is 5.78 Å². The van der Waals surface area contributed by atoms with Crippen LogP contribution in [0.4, 0.5) is 0 Å². The summed E-state index contributed by atoms with van der Waals surface area (Å²) in [5, 5.41) is 3.32. The van der Waals surface area contributed by atoms with Crippen molar-refractivity contribution >= 4 is 5.78 Å². The zero-order valence-electron chi connectivity index (χ0n) is 10.0. The van der Waals surface area contributed by atoms with Gasteiger partial charge in [-0.2, -0.15) is 0 Å². The van der Waals surface area contributed by atoms with Crippen LogP contribution in [0.3, 0.4) is 0 Å². The predicted octanol–water partition coefficient (Wildman–Crippen LogP) is 2.78. The Labute approximate surface area is 98.1 Å². The van der Waals surface area contributed by atoms with Crippen LogP contribution in [0, 0.1) is 0 Å². The van der Waals surface area contributed by atoms with E-state index in [2.05, 4.69) is 11.9 Å². The van der Waals surface area contributed by atoms with Crippen LogP contribution in [0.15, 0.2) is 36.5 Å². The smallest absolute Gasteiger partial charge is 0.150 e. The third-order valence-electron chi connectivity index (χ3n) is 2.78. The fourth-order valence-corrected chi connectivity index (χ4v) is 1.97. The van der Waals surface area contributed by atoms with Crippen molar-refractivity contribution in [3.63, 3.8) is 0 Å². The van der Waals surface area contributed by atoms with E-state index < -0.39 is 0 Å². The molecule has 0 aromatic carbocycles. The molecule has 1 aliphatic heterocycles. The normalized spacial score (nSPS) is 23.4. The molecule has 0 radical (unpaired) electrons. The van der Waals surface area contributed by atoms with Gasteiger partial charge in [0.2, 0.25) is 0 Å². The van der Waals surface area contributed by atoms with Crippen molar-refractivity contribution in [1.82, 2.24) is 5.32 Å². The lowest BCUT2D eigenvalue weighted by molar-refractivity contribution is -0.120. The summed E-state index contributed by atoms with van der Waals surface area (Å²) >= 11 is 0. The molecular weight excluding hydrogens is 198 g/mol. The van der Waals surface area contributed by atoms with Crippen LogP contribution >= 0.6 is 0 Å². The van der Waals surface area contributed by atoms with Gasteiger partial charge < -0.3 is 5.32 Å². The molecule has 1 saturated heterocycles. The summed E-state index contributed by atoms with van der Waals surface area (Å²) < 4.78 is 0. The third kappa shape index (κ3) is 4.15. The summed E-state index contributed by atoms with van der Waals surface area (Å²) in [5.74, 6) is 0.344. The van der Waals surface area contributed by atoms with Gasteiger partial charge in [-0.15, -0.1) is 0 Å². The number of rotatable bonds is 4. The van der Waals surface area contributed by atoms with E-state index in [1.807, 2.05) is 25.2 Å². The van der Waals surface area contributed by atoms with Crippen molar-refractivity contribution in [3.8, 4) is 0 Å². The Morgan fingerprint density at radius 1 is 1.56 bits per heavy atom. The molecule has 1 fully saturated rings. The minimum atomic E-state index is -0.00935. The fourth-order valence-electron chi connectivity index (χ4n) is 1.97. The lowest BCUT2D eigenvalue weighted by Crippen LogP contribution is -2.35. The quantitative estimate of drug-likeness (QED) is 0.737. The van der Waals surface area contributed by atoms with Gasteiger partial charge >= 0.3 is 0 Å². The van der Waals surface area contributed by atoms with E-state index in [-0.39, 0.29) is 6.04 Å². The highest BCUT2D eigenvalue weighted by atomic mass is 16.1. The number of hydrogen-bond acceptors (Lipinski definition) is 2. The van der Waals surface area contributed by atoms with Crippen LogP contribution in [0.1, 0.15) is 32.6 Å². The Morgan fingerprint density at radius 3 is 3.06 bits per heavy atom. The van der Waals surface area contributed by atoms with Crippen molar-refractivity contribution < 1.29 is 4.79 Å².